The summed E-state index contributed by atoms with van der Waals surface area (Å²) in [5.41, 5.74) is -0.376. The normalized spacial score (nSPS) is 10.4. The second kappa shape index (κ2) is 5.95. The molecule has 0 aliphatic carbocycles. The lowest BCUT2D eigenvalue weighted by molar-refractivity contribution is 0.102. The van der Waals surface area contributed by atoms with Crippen LogP contribution in [0.1, 0.15) is 10.4 Å². The van der Waals surface area contributed by atoms with Crippen molar-refractivity contribution in [1.82, 2.24) is 0 Å². The highest BCUT2D eigenvalue weighted by Crippen LogP contribution is 2.34. The predicted octanol–water partition coefficient (Wildman–Crippen LogP) is 5.18. The van der Waals surface area contributed by atoms with Crippen molar-refractivity contribution < 1.29 is 13.6 Å². The van der Waals surface area contributed by atoms with E-state index in [9.17, 15) is 13.6 Å². The van der Waals surface area contributed by atoms with Gasteiger partial charge in [-0.2, -0.15) is 0 Å². The van der Waals surface area contributed by atoms with Gasteiger partial charge in [-0.15, -0.1) is 0 Å². The van der Waals surface area contributed by atoms with Crippen LogP contribution in [0.15, 0.2) is 30.3 Å². The maximum atomic E-state index is 13.5. The van der Waals surface area contributed by atoms with Crippen LogP contribution in [0.3, 0.4) is 0 Å². The van der Waals surface area contributed by atoms with Gasteiger partial charge < -0.3 is 5.32 Å². The third kappa shape index (κ3) is 3.03. The van der Waals surface area contributed by atoms with Gasteiger partial charge in [0.2, 0.25) is 0 Å². The second-order valence-electron chi connectivity index (χ2n) is 3.80. The third-order valence-electron chi connectivity index (χ3n) is 2.44. The Bertz CT molecular complexity index is 668. The topological polar surface area (TPSA) is 29.1 Å². The van der Waals surface area contributed by atoms with Crippen LogP contribution in [0.2, 0.25) is 15.1 Å². The van der Waals surface area contributed by atoms with Gasteiger partial charge in [-0.3, -0.25) is 4.79 Å². The predicted molar refractivity (Wildman–Crippen MR) is 75.8 cm³/mol. The standard InChI is InChI=1S/C13H6Cl3F2NO/c14-6-4-8(15)12(9(16)5-6)19-13(20)7-2-1-3-10(17)11(7)18/h1-5H,(H,19,20). The van der Waals surface area contributed by atoms with Crippen LogP contribution in [-0.4, -0.2) is 5.91 Å². The number of rotatable bonds is 2. The number of amides is 1. The molecule has 0 unspecified atom stereocenters. The van der Waals surface area contributed by atoms with Crippen LogP contribution in [0.4, 0.5) is 14.5 Å². The Morgan fingerprint density at radius 1 is 1.05 bits per heavy atom. The lowest BCUT2D eigenvalue weighted by Gasteiger charge is -2.10. The summed E-state index contributed by atoms with van der Waals surface area (Å²) in [5, 5.41) is 2.79. The van der Waals surface area contributed by atoms with Crippen molar-refractivity contribution >= 4 is 46.4 Å². The van der Waals surface area contributed by atoms with Gasteiger partial charge >= 0.3 is 0 Å². The monoisotopic (exact) mass is 335 g/mol. The Balaban J connectivity index is 2.36. The molecule has 1 amide bonds. The van der Waals surface area contributed by atoms with Gasteiger partial charge in [0.05, 0.1) is 21.3 Å². The molecule has 0 aliphatic heterocycles. The summed E-state index contributed by atoms with van der Waals surface area (Å²) in [4.78, 5) is 11.9. The van der Waals surface area contributed by atoms with Gasteiger partial charge in [0, 0.05) is 5.02 Å². The zero-order chi connectivity index (χ0) is 14.9. The minimum Gasteiger partial charge on any atom is -0.319 e. The molecule has 2 rings (SSSR count). The molecule has 1 N–H and O–H groups in total. The molecule has 0 aromatic heterocycles. The van der Waals surface area contributed by atoms with E-state index in [2.05, 4.69) is 5.32 Å². The molecule has 0 saturated carbocycles. The zero-order valence-electron chi connectivity index (χ0n) is 9.68. The minimum atomic E-state index is -1.24. The lowest BCUT2D eigenvalue weighted by atomic mass is 10.2. The molecule has 0 radical (unpaired) electrons. The van der Waals surface area contributed by atoms with Crippen LogP contribution in [0, 0.1) is 11.6 Å². The van der Waals surface area contributed by atoms with Crippen LogP contribution >= 0.6 is 34.8 Å². The summed E-state index contributed by atoms with van der Waals surface area (Å²) in [6, 6.07) is 6.01. The largest absolute Gasteiger partial charge is 0.319 e. The first kappa shape index (κ1) is 15.0. The van der Waals surface area contributed by atoms with E-state index in [4.69, 9.17) is 34.8 Å². The number of carbonyl (C=O) groups excluding carboxylic acids is 1. The fourth-order valence-electron chi connectivity index (χ4n) is 1.52. The molecule has 2 aromatic carbocycles. The van der Waals surface area contributed by atoms with Crippen molar-refractivity contribution in [1.29, 1.82) is 0 Å². The number of benzene rings is 2. The highest BCUT2D eigenvalue weighted by atomic mass is 35.5. The average Bonchev–Trinajstić information content (AvgIpc) is 2.36. The molecule has 0 fully saturated rings. The quantitative estimate of drug-likeness (QED) is 0.804. The number of halogens is 5. The average molecular weight is 337 g/mol. The molecule has 0 saturated heterocycles. The van der Waals surface area contributed by atoms with E-state index in [0.717, 1.165) is 12.1 Å². The number of hydrogen-bond acceptors (Lipinski definition) is 1. The fourth-order valence-corrected chi connectivity index (χ4v) is 2.43. The Labute approximate surface area is 128 Å². The summed E-state index contributed by atoms with van der Waals surface area (Å²) in [5.74, 6) is -3.23. The number of nitrogens with one attached hydrogen (secondary N) is 1. The van der Waals surface area contributed by atoms with Gasteiger partial charge in [0.25, 0.3) is 5.91 Å². The fraction of sp³-hybridized carbons (Fsp3) is 0. The summed E-state index contributed by atoms with van der Waals surface area (Å²) in [6.07, 6.45) is 0. The lowest BCUT2D eigenvalue weighted by Crippen LogP contribution is -2.15. The summed E-state index contributed by atoms with van der Waals surface area (Å²) >= 11 is 17.5. The summed E-state index contributed by atoms with van der Waals surface area (Å²) in [6.45, 7) is 0. The highest BCUT2D eigenvalue weighted by molar-refractivity contribution is 6.42. The smallest absolute Gasteiger partial charge is 0.258 e. The van der Waals surface area contributed by atoms with E-state index in [-0.39, 0.29) is 20.8 Å². The maximum Gasteiger partial charge on any atom is 0.258 e. The maximum absolute atomic E-state index is 13.5. The first-order chi connectivity index (χ1) is 9.40. The molecular formula is C13H6Cl3F2NO. The van der Waals surface area contributed by atoms with Gasteiger partial charge in [-0.25, -0.2) is 8.78 Å². The van der Waals surface area contributed by atoms with Crippen molar-refractivity contribution in [3.05, 3.63) is 62.6 Å². The van der Waals surface area contributed by atoms with E-state index >= 15 is 0 Å². The first-order valence-corrected chi connectivity index (χ1v) is 6.43. The Hall–Kier alpha value is -1.36. The molecule has 2 aromatic rings. The minimum absolute atomic E-state index is 0.0754. The van der Waals surface area contributed by atoms with E-state index in [1.165, 1.54) is 18.2 Å². The van der Waals surface area contributed by atoms with Crippen molar-refractivity contribution in [2.24, 2.45) is 0 Å². The summed E-state index contributed by atoms with van der Waals surface area (Å²) < 4.78 is 26.6. The van der Waals surface area contributed by atoms with E-state index in [1.807, 2.05) is 0 Å². The third-order valence-corrected chi connectivity index (χ3v) is 3.26. The van der Waals surface area contributed by atoms with Gasteiger partial charge in [-0.05, 0) is 24.3 Å². The van der Waals surface area contributed by atoms with Gasteiger partial charge in [0.15, 0.2) is 11.6 Å². The van der Waals surface area contributed by atoms with Crippen LogP contribution in [0.25, 0.3) is 0 Å². The molecule has 104 valence electrons. The molecule has 2 nitrogen and oxygen atoms in total. The van der Waals surface area contributed by atoms with Crippen LogP contribution in [0.5, 0.6) is 0 Å². The zero-order valence-corrected chi connectivity index (χ0v) is 12.0. The number of hydrogen-bond donors (Lipinski definition) is 1. The Morgan fingerprint density at radius 2 is 1.65 bits per heavy atom. The summed E-state index contributed by atoms with van der Waals surface area (Å²) in [7, 11) is 0. The molecule has 0 heterocycles. The van der Waals surface area contributed by atoms with Crippen molar-refractivity contribution in [3.8, 4) is 0 Å². The van der Waals surface area contributed by atoms with Crippen LogP contribution < -0.4 is 5.32 Å². The molecule has 7 heteroatoms. The Morgan fingerprint density at radius 3 is 2.25 bits per heavy atom. The molecule has 0 atom stereocenters. The second-order valence-corrected chi connectivity index (χ2v) is 5.05. The van der Waals surface area contributed by atoms with E-state index in [0.29, 0.717) is 0 Å². The van der Waals surface area contributed by atoms with E-state index in [1.54, 1.807) is 0 Å². The molecular weight excluding hydrogens is 331 g/mol. The molecule has 0 spiro atoms. The number of anilines is 1. The molecule has 20 heavy (non-hydrogen) atoms. The molecule has 0 bridgehead atoms. The van der Waals surface area contributed by atoms with Gasteiger partial charge in [-0.1, -0.05) is 40.9 Å². The highest BCUT2D eigenvalue weighted by Gasteiger charge is 2.17. The van der Waals surface area contributed by atoms with Gasteiger partial charge in [0.1, 0.15) is 0 Å². The van der Waals surface area contributed by atoms with Crippen molar-refractivity contribution in [3.63, 3.8) is 0 Å². The van der Waals surface area contributed by atoms with E-state index < -0.39 is 23.1 Å². The van der Waals surface area contributed by atoms with Crippen LogP contribution in [-0.2, 0) is 0 Å². The number of carbonyl (C=O) groups is 1. The first-order valence-electron chi connectivity index (χ1n) is 5.30. The molecule has 0 aliphatic rings. The Kier molecular flexibility index (Phi) is 4.48. The SMILES string of the molecule is O=C(Nc1c(Cl)cc(Cl)cc1Cl)c1cccc(F)c1F. The van der Waals surface area contributed by atoms with Crippen molar-refractivity contribution in [2.45, 2.75) is 0 Å². The van der Waals surface area contributed by atoms with Crippen molar-refractivity contribution in [2.75, 3.05) is 5.32 Å².